The van der Waals surface area contributed by atoms with Crippen LogP contribution < -0.4 is 16.0 Å². The summed E-state index contributed by atoms with van der Waals surface area (Å²) in [6.45, 7) is 3.81. The van der Waals surface area contributed by atoms with Crippen LogP contribution in [0.15, 0.2) is 0 Å². The number of carbonyl (C=O) groups excluding carboxylic acids is 1. The first-order chi connectivity index (χ1) is 5.25. The third kappa shape index (κ3) is 1.91. The molecule has 0 aromatic rings. The highest BCUT2D eigenvalue weighted by Gasteiger charge is 2.25. The van der Waals surface area contributed by atoms with E-state index in [1.807, 2.05) is 6.92 Å². The van der Waals surface area contributed by atoms with Crippen molar-refractivity contribution in [3.63, 3.8) is 0 Å². The molecule has 11 heavy (non-hydrogen) atoms. The minimum atomic E-state index is -0.0752. The largest absolute Gasteiger partial charge is 0.358 e. The summed E-state index contributed by atoms with van der Waals surface area (Å²) in [7, 11) is 1.66. The fourth-order valence-corrected chi connectivity index (χ4v) is 1.30. The predicted octanol–water partition coefficient (Wildman–Crippen LogP) is -1.32. The SMILES string of the molecule is CNC(=O)C1NCCNC1C. The van der Waals surface area contributed by atoms with Gasteiger partial charge in [-0.15, -0.1) is 0 Å². The first-order valence-electron chi connectivity index (χ1n) is 3.94. The maximum atomic E-state index is 11.2. The van der Waals surface area contributed by atoms with Gasteiger partial charge in [0.15, 0.2) is 0 Å². The van der Waals surface area contributed by atoms with Gasteiger partial charge in [0.25, 0.3) is 0 Å². The van der Waals surface area contributed by atoms with Gasteiger partial charge in [-0.3, -0.25) is 4.79 Å². The van der Waals surface area contributed by atoms with Crippen LogP contribution in [0.25, 0.3) is 0 Å². The zero-order valence-corrected chi connectivity index (χ0v) is 6.98. The monoisotopic (exact) mass is 157 g/mol. The van der Waals surface area contributed by atoms with Gasteiger partial charge in [-0.05, 0) is 6.92 Å². The number of hydrogen-bond donors (Lipinski definition) is 3. The molecule has 0 spiro atoms. The molecule has 2 unspecified atom stereocenters. The summed E-state index contributed by atoms with van der Waals surface area (Å²) >= 11 is 0. The molecule has 0 aliphatic carbocycles. The number of rotatable bonds is 1. The van der Waals surface area contributed by atoms with Crippen LogP contribution in [0.4, 0.5) is 0 Å². The highest BCUT2D eigenvalue weighted by atomic mass is 16.2. The molecule has 1 rings (SSSR count). The number of amides is 1. The molecule has 0 aromatic heterocycles. The van der Waals surface area contributed by atoms with Crippen molar-refractivity contribution in [1.29, 1.82) is 0 Å². The quantitative estimate of drug-likeness (QED) is 0.442. The Kier molecular flexibility index (Phi) is 2.84. The smallest absolute Gasteiger partial charge is 0.238 e. The van der Waals surface area contributed by atoms with Crippen molar-refractivity contribution in [3.8, 4) is 0 Å². The van der Waals surface area contributed by atoms with E-state index in [2.05, 4.69) is 16.0 Å². The Morgan fingerprint density at radius 2 is 2.09 bits per heavy atom. The van der Waals surface area contributed by atoms with Crippen LogP contribution in [0.5, 0.6) is 0 Å². The van der Waals surface area contributed by atoms with E-state index in [1.165, 1.54) is 0 Å². The first kappa shape index (κ1) is 8.49. The Labute approximate surface area is 66.7 Å². The molecule has 1 saturated heterocycles. The number of likely N-dealkylation sites (N-methyl/N-ethyl adjacent to an activating group) is 1. The second-order valence-electron chi connectivity index (χ2n) is 2.79. The van der Waals surface area contributed by atoms with Gasteiger partial charge in [-0.2, -0.15) is 0 Å². The van der Waals surface area contributed by atoms with Gasteiger partial charge in [-0.1, -0.05) is 0 Å². The van der Waals surface area contributed by atoms with Crippen LogP contribution in [0.1, 0.15) is 6.92 Å². The van der Waals surface area contributed by atoms with Crippen molar-refractivity contribution >= 4 is 5.91 Å². The van der Waals surface area contributed by atoms with E-state index in [9.17, 15) is 4.79 Å². The summed E-state index contributed by atoms with van der Waals surface area (Å²) < 4.78 is 0. The molecule has 1 fully saturated rings. The van der Waals surface area contributed by atoms with Crippen molar-refractivity contribution < 1.29 is 4.79 Å². The highest BCUT2D eigenvalue weighted by molar-refractivity contribution is 5.82. The molecule has 0 radical (unpaired) electrons. The molecule has 64 valence electrons. The van der Waals surface area contributed by atoms with Crippen LogP contribution in [0.3, 0.4) is 0 Å². The summed E-state index contributed by atoms with van der Waals surface area (Å²) in [5, 5.41) is 8.99. The molecule has 0 saturated carbocycles. The van der Waals surface area contributed by atoms with Gasteiger partial charge in [0.2, 0.25) is 5.91 Å². The topological polar surface area (TPSA) is 53.2 Å². The Bertz CT molecular complexity index is 149. The third-order valence-electron chi connectivity index (χ3n) is 1.98. The number of carbonyl (C=O) groups is 1. The zero-order chi connectivity index (χ0) is 8.27. The number of piperazine rings is 1. The summed E-state index contributed by atoms with van der Waals surface area (Å²) in [5.41, 5.74) is 0. The Morgan fingerprint density at radius 3 is 2.64 bits per heavy atom. The van der Waals surface area contributed by atoms with Crippen molar-refractivity contribution in [1.82, 2.24) is 16.0 Å². The van der Waals surface area contributed by atoms with Gasteiger partial charge in [-0.25, -0.2) is 0 Å². The van der Waals surface area contributed by atoms with Gasteiger partial charge in [0, 0.05) is 26.2 Å². The fourth-order valence-electron chi connectivity index (χ4n) is 1.30. The predicted molar refractivity (Wildman–Crippen MR) is 43.3 cm³/mol. The van der Waals surface area contributed by atoms with Crippen molar-refractivity contribution in [2.75, 3.05) is 20.1 Å². The second kappa shape index (κ2) is 3.69. The summed E-state index contributed by atoms with van der Waals surface area (Å²) in [6, 6.07) is 0.150. The van der Waals surface area contributed by atoms with Gasteiger partial charge < -0.3 is 16.0 Å². The van der Waals surface area contributed by atoms with Crippen LogP contribution in [-0.4, -0.2) is 38.1 Å². The zero-order valence-electron chi connectivity index (χ0n) is 6.98. The molecule has 3 N–H and O–H groups in total. The molecule has 1 aliphatic heterocycles. The average Bonchev–Trinajstić information content (AvgIpc) is 2.04. The standard InChI is InChI=1S/C7H15N3O/c1-5-6(7(11)8-2)10-4-3-9-5/h5-6,9-10H,3-4H2,1-2H3,(H,8,11). The minimum absolute atomic E-state index is 0.0599. The highest BCUT2D eigenvalue weighted by Crippen LogP contribution is 1.96. The van der Waals surface area contributed by atoms with E-state index in [1.54, 1.807) is 7.05 Å². The summed E-state index contributed by atoms with van der Waals surface area (Å²) in [4.78, 5) is 11.2. The van der Waals surface area contributed by atoms with Crippen LogP contribution in [0.2, 0.25) is 0 Å². The lowest BCUT2D eigenvalue weighted by Crippen LogP contribution is -2.60. The minimum Gasteiger partial charge on any atom is -0.358 e. The molecule has 1 aliphatic rings. The molecular formula is C7H15N3O. The third-order valence-corrected chi connectivity index (χ3v) is 1.98. The Hall–Kier alpha value is -0.610. The second-order valence-corrected chi connectivity index (χ2v) is 2.79. The first-order valence-corrected chi connectivity index (χ1v) is 3.94. The van der Waals surface area contributed by atoms with Crippen LogP contribution in [0, 0.1) is 0 Å². The molecule has 4 heteroatoms. The number of hydrogen-bond acceptors (Lipinski definition) is 3. The fraction of sp³-hybridized carbons (Fsp3) is 0.857. The van der Waals surface area contributed by atoms with Gasteiger partial charge >= 0.3 is 0 Å². The van der Waals surface area contributed by atoms with Crippen LogP contribution in [-0.2, 0) is 4.79 Å². The molecule has 1 heterocycles. The lowest BCUT2D eigenvalue weighted by Gasteiger charge is -2.29. The molecule has 1 amide bonds. The lowest BCUT2D eigenvalue weighted by atomic mass is 10.1. The van der Waals surface area contributed by atoms with E-state index in [-0.39, 0.29) is 18.0 Å². The van der Waals surface area contributed by atoms with Crippen molar-refractivity contribution in [2.24, 2.45) is 0 Å². The maximum absolute atomic E-state index is 11.2. The Balaban J connectivity index is 2.47. The van der Waals surface area contributed by atoms with Gasteiger partial charge in [0.1, 0.15) is 6.04 Å². The molecule has 4 nitrogen and oxygen atoms in total. The molecule has 2 atom stereocenters. The lowest BCUT2D eigenvalue weighted by molar-refractivity contribution is -0.123. The van der Waals surface area contributed by atoms with E-state index >= 15 is 0 Å². The molecule has 0 aromatic carbocycles. The van der Waals surface area contributed by atoms with Crippen LogP contribution >= 0.6 is 0 Å². The van der Waals surface area contributed by atoms with Crippen molar-refractivity contribution in [2.45, 2.75) is 19.0 Å². The normalized spacial score (nSPS) is 31.5. The molecular weight excluding hydrogens is 142 g/mol. The van der Waals surface area contributed by atoms with E-state index in [4.69, 9.17) is 0 Å². The van der Waals surface area contributed by atoms with E-state index < -0.39 is 0 Å². The van der Waals surface area contributed by atoms with Crippen molar-refractivity contribution in [3.05, 3.63) is 0 Å². The average molecular weight is 157 g/mol. The van der Waals surface area contributed by atoms with E-state index in [0.29, 0.717) is 0 Å². The summed E-state index contributed by atoms with van der Waals surface area (Å²) in [5.74, 6) is 0.0599. The number of nitrogens with one attached hydrogen (secondary N) is 3. The van der Waals surface area contributed by atoms with E-state index in [0.717, 1.165) is 13.1 Å². The summed E-state index contributed by atoms with van der Waals surface area (Å²) in [6.07, 6.45) is 0. The van der Waals surface area contributed by atoms with Gasteiger partial charge in [0.05, 0.1) is 0 Å². The molecule has 0 bridgehead atoms. The Morgan fingerprint density at radius 1 is 1.45 bits per heavy atom. The maximum Gasteiger partial charge on any atom is 0.238 e.